The zero-order valence-corrected chi connectivity index (χ0v) is 9.44. The van der Waals surface area contributed by atoms with Gasteiger partial charge in [0.15, 0.2) is 0 Å². The largest absolute Gasteiger partial charge is 0.303 e. The molecule has 0 fully saturated rings. The van der Waals surface area contributed by atoms with Crippen LogP contribution in [0.1, 0.15) is 32.3 Å². The van der Waals surface area contributed by atoms with Gasteiger partial charge in [-0.15, -0.1) is 0 Å². The lowest BCUT2D eigenvalue weighted by molar-refractivity contribution is -0.109. The van der Waals surface area contributed by atoms with Crippen LogP contribution < -0.4 is 0 Å². The van der Waals surface area contributed by atoms with E-state index in [2.05, 4.69) is 38.1 Å². The van der Waals surface area contributed by atoms with Crippen LogP contribution >= 0.6 is 0 Å². The molecule has 1 atom stereocenters. The van der Waals surface area contributed by atoms with Crippen molar-refractivity contribution < 1.29 is 4.79 Å². The van der Waals surface area contributed by atoms with Crippen molar-refractivity contribution in [3.8, 4) is 0 Å². The summed E-state index contributed by atoms with van der Waals surface area (Å²) in [6.07, 6.45) is 6.80. The maximum absolute atomic E-state index is 10.6. The molecule has 0 saturated carbocycles. The molecule has 80 valence electrons. The van der Waals surface area contributed by atoms with Gasteiger partial charge in [0.1, 0.15) is 6.29 Å². The molecule has 1 rings (SSSR count). The lowest BCUT2D eigenvalue weighted by Crippen LogP contribution is -2.11. The molecule has 1 nitrogen and oxygen atoms in total. The molecule has 1 heteroatoms. The molecule has 0 spiro atoms. The average Bonchev–Trinajstić information content (AvgIpc) is 2.28. The Bertz CT molecular complexity index is 326. The number of carbonyl (C=O) groups excluding carboxylic acids is 1. The van der Waals surface area contributed by atoms with Crippen LogP contribution in [0.3, 0.4) is 0 Å². The van der Waals surface area contributed by atoms with Gasteiger partial charge in [0.25, 0.3) is 0 Å². The lowest BCUT2D eigenvalue weighted by atomic mass is 9.84. The van der Waals surface area contributed by atoms with Crippen LogP contribution in [0, 0.1) is 5.41 Å². The average molecular weight is 202 g/mol. The van der Waals surface area contributed by atoms with Gasteiger partial charge in [-0.3, -0.25) is 0 Å². The molecule has 1 aromatic carbocycles. The van der Waals surface area contributed by atoms with Crippen molar-refractivity contribution in [1.82, 2.24) is 0 Å². The van der Waals surface area contributed by atoms with E-state index in [4.69, 9.17) is 0 Å². The van der Waals surface area contributed by atoms with Gasteiger partial charge < -0.3 is 4.79 Å². The summed E-state index contributed by atoms with van der Waals surface area (Å²) in [6, 6.07) is 10.2. The van der Waals surface area contributed by atoms with Crippen molar-refractivity contribution in [2.45, 2.75) is 26.7 Å². The molecule has 15 heavy (non-hydrogen) atoms. The third-order valence-electron chi connectivity index (χ3n) is 2.84. The summed E-state index contributed by atoms with van der Waals surface area (Å²) in [7, 11) is 0. The van der Waals surface area contributed by atoms with E-state index in [0.29, 0.717) is 6.42 Å². The Morgan fingerprint density at radius 2 is 1.93 bits per heavy atom. The fraction of sp³-hybridized carbons (Fsp3) is 0.357. The Morgan fingerprint density at radius 1 is 1.27 bits per heavy atom. The Morgan fingerprint density at radius 3 is 2.47 bits per heavy atom. The summed E-state index contributed by atoms with van der Waals surface area (Å²) in [4.78, 5) is 10.6. The molecule has 0 aliphatic heterocycles. The predicted molar refractivity (Wildman–Crippen MR) is 64.6 cm³/mol. The second-order valence-corrected chi connectivity index (χ2v) is 4.12. The maximum atomic E-state index is 10.6. The zero-order chi connectivity index (χ0) is 11.1. The van der Waals surface area contributed by atoms with E-state index in [1.54, 1.807) is 0 Å². The highest BCUT2D eigenvalue weighted by Gasteiger charge is 2.16. The second-order valence-electron chi connectivity index (χ2n) is 4.12. The van der Waals surface area contributed by atoms with E-state index in [9.17, 15) is 4.79 Å². The number of hydrogen-bond acceptors (Lipinski definition) is 1. The molecule has 0 unspecified atom stereocenters. The van der Waals surface area contributed by atoms with Crippen molar-refractivity contribution in [1.29, 1.82) is 0 Å². The second kappa shape index (κ2) is 5.50. The van der Waals surface area contributed by atoms with E-state index < -0.39 is 0 Å². The van der Waals surface area contributed by atoms with Crippen LogP contribution in [-0.4, -0.2) is 6.29 Å². The lowest BCUT2D eigenvalue weighted by Gasteiger charge is -2.20. The fourth-order valence-corrected chi connectivity index (χ4v) is 1.38. The highest BCUT2D eigenvalue weighted by molar-refractivity contribution is 5.54. The molecule has 0 saturated heterocycles. The molecule has 0 amide bonds. The van der Waals surface area contributed by atoms with Gasteiger partial charge in [-0.25, -0.2) is 0 Å². The number of aldehydes is 1. The smallest absolute Gasteiger partial charge is 0.120 e. The number of rotatable bonds is 5. The number of hydrogen-bond donors (Lipinski definition) is 0. The molecule has 0 aliphatic rings. The maximum Gasteiger partial charge on any atom is 0.120 e. The molecule has 0 aliphatic carbocycles. The van der Waals surface area contributed by atoms with Crippen molar-refractivity contribution in [2.75, 3.05) is 0 Å². The third-order valence-corrected chi connectivity index (χ3v) is 2.84. The van der Waals surface area contributed by atoms with Gasteiger partial charge in [-0.2, -0.15) is 0 Å². The third kappa shape index (κ3) is 3.70. The predicted octanol–water partition coefficient (Wildman–Crippen LogP) is 3.71. The van der Waals surface area contributed by atoms with Crippen LogP contribution in [0.15, 0.2) is 36.4 Å². The quantitative estimate of drug-likeness (QED) is 0.665. The van der Waals surface area contributed by atoms with E-state index in [-0.39, 0.29) is 5.41 Å². The summed E-state index contributed by atoms with van der Waals surface area (Å²) in [5.41, 5.74) is 1.18. The topological polar surface area (TPSA) is 17.1 Å². The van der Waals surface area contributed by atoms with Crippen molar-refractivity contribution in [2.24, 2.45) is 5.41 Å². The van der Waals surface area contributed by atoms with Gasteiger partial charge in [-0.05, 0) is 17.4 Å². The summed E-state index contributed by atoms with van der Waals surface area (Å²) >= 11 is 0. The van der Waals surface area contributed by atoms with Crippen LogP contribution in [-0.2, 0) is 4.79 Å². The zero-order valence-electron chi connectivity index (χ0n) is 9.44. The van der Waals surface area contributed by atoms with Gasteiger partial charge in [0.2, 0.25) is 0 Å². The molecule has 0 aromatic heterocycles. The van der Waals surface area contributed by atoms with Crippen LogP contribution in [0.5, 0.6) is 0 Å². The van der Waals surface area contributed by atoms with E-state index in [1.807, 2.05) is 18.2 Å². The monoisotopic (exact) mass is 202 g/mol. The van der Waals surface area contributed by atoms with E-state index in [0.717, 1.165) is 12.7 Å². The first-order chi connectivity index (χ1) is 7.20. The van der Waals surface area contributed by atoms with Gasteiger partial charge in [0.05, 0.1) is 0 Å². The molecule has 0 heterocycles. The first-order valence-corrected chi connectivity index (χ1v) is 5.38. The van der Waals surface area contributed by atoms with Crippen LogP contribution in [0.4, 0.5) is 0 Å². The van der Waals surface area contributed by atoms with E-state index >= 15 is 0 Å². The Labute approximate surface area is 91.8 Å². The number of carbonyl (C=O) groups is 1. The first kappa shape index (κ1) is 11.7. The summed E-state index contributed by atoms with van der Waals surface area (Å²) in [5, 5.41) is 0. The number of allylic oxidation sites excluding steroid dienone is 1. The normalized spacial score (nSPS) is 15.1. The Balaban J connectivity index is 2.74. The number of benzene rings is 1. The highest BCUT2D eigenvalue weighted by atomic mass is 16.1. The minimum Gasteiger partial charge on any atom is -0.303 e. The molecule has 0 bridgehead atoms. The van der Waals surface area contributed by atoms with Crippen molar-refractivity contribution in [3.05, 3.63) is 42.0 Å². The van der Waals surface area contributed by atoms with Gasteiger partial charge >= 0.3 is 0 Å². The minimum absolute atomic E-state index is 0.00239. The fourth-order valence-electron chi connectivity index (χ4n) is 1.38. The SMILES string of the molecule is CC[C@](C)(/C=C/c1ccccc1)CC=O. The summed E-state index contributed by atoms with van der Waals surface area (Å²) < 4.78 is 0. The van der Waals surface area contributed by atoms with Crippen molar-refractivity contribution in [3.63, 3.8) is 0 Å². The van der Waals surface area contributed by atoms with E-state index in [1.165, 1.54) is 5.56 Å². The standard InChI is InChI=1S/C14H18O/c1-3-14(2,11-12-15)10-9-13-7-5-4-6-8-13/h4-10,12H,3,11H2,1-2H3/b10-9+/t14-/m1/s1. The molecular formula is C14H18O. The van der Waals surface area contributed by atoms with Gasteiger partial charge in [-0.1, -0.05) is 56.3 Å². The highest BCUT2D eigenvalue weighted by Crippen LogP contribution is 2.27. The summed E-state index contributed by atoms with van der Waals surface area (Å²) in [6.45, 7) is 4.22. The van der Waals surface area contributed by atoms with Crippen LogP contribution in [0.25, 0.3) is 6.08 Å². The molecule has 0 N–H and O–H groups in total. The summed E-state index contributed by atoms with van der Waals surface area (Å²) in [5.74, 6) is 0. The first-order valence-electron chi connectivity index (χ1n) is 5.38. The van der Waals surface area contributed by atoms with Gasteiger partial charge in [0, 0.05) is 6.42 Å². The van der Waals surface area contributed by atoms with Crippen molar-refractivity contribution >= 4 is 12.4 Å². The molecule has 1 aromatic rings. The van der Waals surface area contributed by atoms with Crippen LogP contribution in [0.2, 0.25) is 0 Å². The molecule has 0 radical (unpaired) electrons. The minimum atomic E-state index is -0.00239. The molecular weight excluding hydrogens is 184 g/mol. The Hall–Kier alpha value is -1.37. The Kier molecular flexibility index (Phi) is 4.29.